The Morgan fingerprint density at radius 3 is 2.75 bits per heavy atom. The Hall–Kier alpha value is -2.22. The molecule has 2 aromatic heterocycles. The molecule has 128 valence electrons. The Morgan fingerprint density at radius 1 is 1.38 bits per heavy atom. The molecule has 3 rings (SSSR count). The number of thiazole rings is 1. The molecule has 0 aromatic carbocycles. The molecule has 1 amide bonds. The van der Waals surface area contributed by atoms with E-state index in [4.69, 9.17) is 0 Å². The molecule has 1 fully saturated rings. The van der Waals surface area contributed by atoms with Gasteiger partial charge in [-0.05, 0) is 33.6 Å². The van der Waals surface area contributed by atoms with Crippen LogP contribution in [0.3, 0.4) is 0 Å². The molecule has 0 spiro atoms. The highest BCUT2D eigenvalue weighted by molar-refractivity contribution is 7.17. The van der Waals surface area contributed by atoms with Crippen molar-refractivity contribution in [2.45, 2.75) is 39.7 Å². The van der Waals surface area contributed by atoms with Crippen molar-refractivity contribution < 1.29 is 14.7 Å². The van der Waals surface area contributed by atoms with Gasteiger partial charge in [-0.25, -0.2) is 4.98 Å². The molecule has 2 atom stereocenters. The first-order valence-corrected chi connectivity index (χ1v) is 8.66. The summed E-state index contributed by atoms with van der Waals surface area (Å²) in [5.74, 6) is -1.95. The number of aryl methyl sites for hydroxylation is 2. The van der Waals surface area contributed by atoms with E-state index in [1.54, 1.807) is 6.92 Å². The molecule has 0 saturated carbocycles. The molecule has 8 heteroatoms. The summed E-state index contributed by atoms with van der Waals surface area (Å²) in [5, 5.41) is 9.30. The third-order valence-electron chi connectivity index (χ3n) is 4.81. The van der Waals surface area contributed by atoms with Crippen LogP contribution in [0.1, 0.15) is 40.7 Å². The van der Waals surface area contributed by atoms with Gasteiger partial charge in [-0.2, -0.15) is 0 Å². The highest BCUT2D eigenvalue weighted by Gasteiger charge is 2.36. The topological polar surface area (TPSA) is 92.0 Å². The lowest BCUT2D eigenvalue weighted by molar-refractivity contribution is -0.144. The van der Waals surface area contributed by atoms with E-state index in [-0.39, 0.29) is 5.56 Å². The first-order chi connectivity index (χ1) is 11.3. The van der Waals surface area contributed by atoms with Gasteiger partial charge < -0.3 is 10.0 Å². The second-order valence-electron chi connectivity index (χ2n) is 6.16. The summed E-state index contributed by atoms with van der Waals surface area (Å²) in [6.07, 6.45) is 2.46. The van der Waals surface area contributed by atoms with Crippen LogP contribution in [-0.4, -0.2) is 43.9 Å². The van der Waals surface area contributed by atoms with Gasteiger partial charge in [0.2, 0.25) is 0 Å². The zero-order valence-corrected chi connectivity index (χ0v) is 14.6. The van der Waals surface area contributed by atoms with Gasteiger partial charge in [0, 0.05) is 29.4 Å². The summed E-state index contributed by atoms with van der Waals surface area (Å²) in [4.78, 5) is 44.2. The van der Waals surface area contributed by atoms with Gasteiger partial charge in [0.15, 0.2) is 4.96 Å². The number of rotatable bonds is 2. The molecule has 0 radical (unpaired) electrons. The maximum absolute atomic E-state index is 12.8. The molecule has 3 heterocycles. The van der Waals surface area contributed by atoms with E-state index < -0.39 is 29.4 Å². The van der Waals surface area contributed by atoms with Crippen molar-refractivity contribution in [3.8, 4) is 0 Å². The van der Waals surface area contributed by atoms with E-state index in [1.807, 2.05) is 13.8 Å². The number of carbonyl (C=O) groups is 2. The van der Waals surface area contributed by atoms with E-state index in [0.717, 1.165) is 10.6 Å². The molecule has 1 N–H and O–H groups in total. The number of hydrogen-bond acceptors (Lipinski definition) is 5. The van der Waals surface area contributed by atoms with Crippen molar-refractivity contribution in [1.82, 2.24) is 14.3 Å². The molecule has 0 unspecified atom stereocenters. The maximum Gasteiger partial charge on any atom is 0.308 e. The van der Waals surface area contributed by atoms with Crippen LogP contribution >= 0.6 is 11.3 Å². The van der Waals surface area contributed by atoms with E-state index in [2.05, 4.69) is 4.98 Å². The number of amides is 1. The van der Waals surface area contributed by atoms with Crippen molar-refractivity contribution in [2.24, 2.45) is 5.92 Å². The summed E-state index contributed by atoms with van der Waals surface area (Å²) in [5.41, 5.74) is 0.375. The second-order valence-corrected chi connectivity index (χ2v) is 7.35. The predicted molar refractivity (Wildman–Crippen MR) is 89.7 cm³/mol. The third-order valence-corrected chi connectivity index (χ3v) is 5.89. The third kappa shape index (κ3) is 2.50. The molecular formula is C16H19N3O4S. The molecule has 24 heavy (non-hydrogen) atoms. The van der Waals surface area contributed by atoms with E-state index in [9.17, 15) is 19.5 Å². The van der Waals surface area contributed by atoms with Crippen molar-refractivity contribution in [3.05, 3.63) is 32.7 Å². The number of aliphatic carboxylic acids is 1. The SMILES string of the molecule is Cc1sc2ncc(C(=O)N3CCC[C@@H](C(=O)O)[C@H]3C)c(=O)n2c1C. The number of aromatic nitrogens is 2. The zero-order chi connectivity index (χ0) is 17.6. The normalized spacial score (nSPS) is 21.2. The minimum absolute atomic E-state index is 0.00807. The summed E-state index contributed by atoms with van der Waals surface area (Å²) in [6.45, 7) is 5.90. The van der Waals surface area contributed by atoms with Crippen molar-refractivity contribution >= 4 is 28.2 Å². The number of likely N-dealkylation sites (tertiary alicyclic amines) is 1. The summed E-state index contributed by atoms with van der Waals surface area (Å²) in [7, 11) is 0. The molecule has 0 aliphatic carbocycles. The first-order valence-electron chi connectivity index (χ1n) is 7.84. The smallest absolute Gasteiger partial charge is 0.308 e. The van der Waals surface area contributed by atoms with Gasteiger partial charge in [0.25, 0.3) is 11.5 Å². The molecule has 2 aromatic rings. The molecule has 1 saturated heterocycles. The van der Waals surface area contributed by atoms with Gasteiger partial charge in [-0.1, -0.05) is 0 Å². The lowest BCUT2D eigenvalue weighted by Crippen LogP contribution is -2.50. The number of carboxylic acids is 1. The Morgan fingerprint density at radius 2 is 2.08 bits per heavy atom. The quantitative estimate of drug-likeness (QED) is 0.891. The number of fused-ring (bicyclic) bond motifs is 1. The van der Waals surface area contributed by atoms with Gasteiger partial charge in [-0.15, -0.1) is 11.3 Å². The Balaban J connectivity index is 2.02. The molecule has 1 aliphatic rings. The number of nitrogens with zero attached hydrogens (tertiary/aromatic N) is 3. The minimum Gasteiger partial charge on any atom is -0.481 e. The van der Waals surface area contributed by atoms with Crippen LogP contribution < -0.4 is 5.56 Å². The Labute approximate surface area is 142 Å². The average Bonchev–Trinajstić information content (AvgIpc) is 2.82. The molecular weight excluding hydrogens is 330 g/mol. The monoisotopic (exact) mass is 349 g/mol. The van der Waals surface area contributed by atoms with Gasteiger partial charge in [0.1, 0.15) is 5.56 Å². The number of carboxylic acid groups (broad SMARTS) is 1. The summed E-state index contributed by atoms with van der Waals surface area (Å²) < 4.78 is 1.45. The van der Waals surface area contributed by atoms with Crippen molar-refractivity contribution in [2.75, 3.05) is 6.54 Å². The highest BCUT2D eigenvalue weighted by atomic mass is 32.1. The fourth-order valence-corrected chi connectivity index (χ4v) is 4.17. The van der Waals surface area contributed by atoms with E-state index >= 15 is 0 Å². The fourth-order valence-electron chi connectivity index (χ4n) is 3.24. The predicted octanol–water partition coefficient (Wildman–Crippen LogP) is 1.70. The largest absolute Gasteiger partial charge is 0.481 e. The standard InChI is InChI=1S/C16H19N3O4S/c1-8-10(3)24-16-17-7-12(14(21)19(8)16)13(20)18-6-4-5-11(9(18)2)15(22)23/h7,9,11H,4-6H2,1-3H3,(H,22,23)/t9-,11-/m1/s1. The molecule has 1 aliphatic heterocycles. The van der Waals surface area contributed by atoms with E-state index in [0.29, 0.717) is 24.3 Å². The zero-order valence-electron chi connectivity index (χ0n) is 13.8. The van der Waals surface area contributed by atoms with Crippen LogP contribution in [0.4, 0.5) is 0 Å². The fraction of sp³-hybridized carbons (Fsp3) is 0.500. The minimum atomic E-state index is -0.908. The van der Waals surface area contributed by atoms with Crippen molar-refractivity contribution in [1.29, 1.82) is 0 Å². The van der Waals surface area contributed by atoms with Gasteiger partial charge >= 0.3 is 5.97 Å². The van der Waals surface area contributed by atoms with Crippen LogP contribution in [0, 0.1) is 19.8 Å². The summed E-state index contributed by atoms with van der Waals surface area (Å²) in [6, 6.07) is -0.450. The number of piperidine rings is 1. The van der Waals surface area contributed by atoms with Crippen LogP contribution in [-0.2, 0) is 4.79 Å². The highest BCUT2D eigenvalue weighted by Crippen LogP contribution is 2.25. The second kappa shape index (κ2) is 6.01. The number of hydrogen-bond donors (Lipinski definition) is 1. The summed E-state index contributed by atoms with van der Waals surface area (Å²) >= 11 is 1.40. The lowest BCUT2D eigenvalue weighted by Gasteiger charge is -2.37. The first kappa shape index (κ1) is 16.6. The van der Waals surface area contributed by atoms with Crippen LogP contribution in [0.25, 0.3) is 4.96 Å². The Bertz CT molecular complexity index is 885. The molecule has 0 bridgehead atoms. The van der Waals surface area contributed by atoms with E-state index in [1.165, 1.54) is 26.8 Å². The van der Waals surface area contributed by atoms with Gasteiger partial charge in [0.05, 0.1) is 5.92 Å². The molecule has 7 nitrogen and oxygen atoms in total. The average molecular weight is 349 g/mol. The number of carbonyl (C=O) groups excluding carboxylic acids is 1. The van der Waals surface area contributed by atoms with Crippen LogP contribution in [0.5, 0.6) is 0 Å². The Kier molecular flexibility index (Phi) is 4.16. The van der Waals surface area contributed by atoms with Gasteiger partial charge in [-0.3, -0.25) is 18.8 Å². The van der Waals surface area contributed by atoms with Crippen LogP contribution in [0.2, 0.25) is 0 Å². The van der Waals surface area contributed by atoms with Crippen molar-refractivity contribution in [3.63, 3.8) is 0 Å². The van der Waals surface area contributed by atoms with Crippen LogP contribution in [0.15, 0.2) is 11.0 Å². The maximum atomic E-state index is 12.8. The lowest BCUT2D eigenvalue weighted by atomic mass is 9.90.